The van der Waals surface area contributed by atoms with Gasteiger partial charge in [-0.2, -0.15) is 5.10 Å². The Balaban J connectivity index is 1.71. The molecule has 6 nitrogen and oxygen atoms in total. The van der Waals surface area contributed by atoms with Gasteiger partial charge in [-0.25, -0.2) is 13.8 Å². The van der Waals surface area contributed by atoms with Crippen LogP contribution in [0.4, 0.5) is 4.39 Å². The Bertz CT molecular complexity index is 738. The Morgan fingerprint density at radius 2 is 2.19 bits per heavy atom. The number of hydrogen-bond acceptors (Lipinski definition) is 5. The van der Waals surface area contributed by atoms with E-state index in [9.17, 15) is 4.39 Å². The number of halogens is 1. The number of aromatic nitrogens is 6. The van der Waals surface area contributed by atoms with E-state index in [1.165, 1.54) is 23.9 Å². The van der Waals surface area contributed by atoms with Crippen LogP contribution in [0.3, 0.4) is 0 Å². The molecule has 0 atom stereocenters. The lowest BCUT2D eigenvalue weighted by atomic mass is 10.3. The zero-order valence-corrected chi connectivity index (χ0v) is 12.2. The topological polar surface area (TPSA) is 61.4 Å². The van der Waals surface area contributed by atoms with Gasteiger partial charge in [0.25, 0.3) is 0 Å². The maximum atomic E-state index is 13.2. The first-order valence-electron chi connectivity index (χ1n) is 6.45. The van der Waals surface area contributed by atoms with Crippen molar-refractivity contribution in [3.63, 3.8) is 0 Å². The average molecular weight is 304 g/mol. The van der Waals surface area contributed by atoms with Crippen molar-refractivity contribution >= 4 is 11.8 Å². The van der Waals surface area contributed by atoms with Gasteiger partial charge in [-0.15, -0.1) is 5.10 Å². The molecule has 0 fully saturated rings. The maximum Gasteiger partial charge on any atom is 0.209 e. The van der Waals surface area contributed by atoms with Crippen molar-refractivity contribution < 1.29 is 4.39 Å². The van der Waals surface area contributed by atoms with Gasteiger partial charge in [0.2, 0.25) is 5.16 Å². The molecule has 3 aromatic rings. The second kappa shape index (κ2) is 6.04. The van der Waals surface area contributed by atoms with E-state index in [-0.39, 0.29) is 5.82 Å². The standard InChI is InChI=1S/C13H13FN6S/c1-2-19-13(15-17-18-19)21-9-11-6-7-20(16-11)12-5-3-4-10(14)8-12/h3-8H,2,9H2,1H3. The molecule has 2 aromatic heterocycles. The van der Waals surface area contributed by atoms with Gasteiger partial charge in [0.1, 0.15) is 5.82 Å². The van der Waals surface area contributed by atoms with E-state index < -0.39 is 0 Å². The highest BCUT2D eigenvalue weighted by Gasteiger charge is 2.07. The van der Waals surface area contributed by atoms with E-state index in [1.54, 1.807) is 15.4 Å². The Morgan fingerprint density at radius 3 is 3.00 bits per heavy atom. The highest BCUT2D eigenvalue weighted by atomic mass is 32.2. The molecule has 0 aliphatic rings. The van der Waals surface area contributed by atoms with Crippen LogP contribution >= 0.6 is 11.8 Å². The quantitative estimate of drug-likeness (QED) is 0.677. The van der Waals surface area contributed by atoms with E-state index in [0.717, 1.165) is 17.4 Å². The molecule has 0 saturated carbocycles. The summed E-state index contributed by atoms with van der Waals surface area (Å²) in [6.45, 7) is 2.71. The highest BCUT2D eigenvalue weighted by molar-refractivity contribution is 7.98. The van der Waals surface area contributed by atoms with Crippen LogP contribution in [0.15, 0.2) is 41.7 Å². The lowest BCUT2D eigenvalue weighted by molar-refractivity contribution is 0.581. The summed E-state index contributed by atoms with van der Waals surface area (Å²) in [6.07, 6.45) is 1.81. The maximum absolute atomic E-state index is 13.2. The van der Waals surface area contributed by atoms with Crippen LogP contribution in [0.1, 0.15) is 12.6 Å². The van der Waals surface area contributed by atoms with Gasteiger partial charge in [0.05, 0.1) is 11.4 Å². The van der Waals surface area contributed by atoms with Gasteiger partial charge in [-0.05, 0) is 41.6 Å². The number of benzene rings is 1. The number of aryl methyl sites for hydroxylation is 1. The Morgan fingerprint density at radius 1 is 1.29 bits per heavy atom. The molecular weight excluding hydrogens is 291 g/mol. The molecule has 0 spiro atoms. The fourth-order valence-electron chi connectivity index (χ4n) is 1.84. The van der Waals surface area contributed by atoms with Gasteiger partial charge >= 0.3 is 0 Å². The van der Waals surface area contributed by atoms with Crippen molar-refractivity contribution in [3.05, 3.63) is 48.0 Å². The number of rotatable bonds is 5. The van der Waals surface area contributed by atoms with E-state index in [2.05, 4.69) is 20.6 Å². The molecule has 0 amide bonds. The van der Waals surface area contributed by atoms with Gasteiger partial charge in [0.15, 0.2) is 0 Å². The summed E-state index contributed by atoms with van der Waals surface area (Å²) in [4.78, 5) is 0. The van der Waals surface area contributed by atoms with Gasteiger partial charge in [0, 0.05) is 18.5 Å². The summed E-state index contributed by atoms with van der Waals surface area (Å²) in [5.41, 5.74) is 1.58. The van der Waals surface area contributed by atoms with Crippen LogP contribution in [0.25, 0.3) is 5.69 Å². The van der Waals surface area contributed by atoms with Gasteiger partial charge < -0.3 is 0 Å². The number of thioether (sulfide) groups is 1. The third kappa shape index (κ3) is 3.10. The molecule has 108 valence electrons. The predicted octanol–water partition coefficient (Wildman–Crippen LogP) is 2.31. The Labute approximate surface area is 125 Å². The minimum absolute atomic E-state index is 0.277. The highest BCUT2D eigenvalue weighted by Crippen LogP contribution is 2.19. The molecule has 2 heterocycles. The normalized spacial score (nSPS) is 11.0. The molecule has 21 heavy (non-hydrogen) atoms. The molecular formula is C13H13FN6S. The molecule has 8 heteroatoms. The molecule has 1 aromatic carbocycles. The summed E-state index contributed by atoms with van der Waals surface area (Å²) in [7, 11) is 0. The number of tetrazole rings is 1. The summed E-state index contributed by atoms with van der Waals surface area (Å²) in [5.74, 6) is 0.379. The van der Waals surface area contributed by atoms with Crippen molar-refractivity contribution in [1.29, 1.82) is 0 Å². The third-order valence-corrected chi connectivity index (χ3v) is 3.86. The van der Waals surface area contributed by atoms with Crippen LogP contribution in [0.5, 0.6) is 0 Å². The largest absolute Gasteiger partial charge is 0.241 e. The monoisotopic (exact) mass is 304 g/mol. The zero-order valence-electron chi connectivity index (χ0n) is 11.3. The molecule has 0 bridgehead atoms. The fourth-order valence-corrected chi connectivity index (χ4v) is 2.68. The van der Waals surface area contributed by atoms with E-state index >= 15 is 0 Å². The molecule has 0 saturated heterocycles. The van der Waals surface area contributed by atoms with Crippen LogP contribution < -0.4 is 0 Å². The number of hydrogen-bond donors (Lipinski definition) is 0. The Kier molecular flexibility index (Phi) is 3.96. The second-order valence-corrected chi connectivity index (χ2v) is 5.24. The first-order valence-corrected chi connectivity index (χ1v) is 7.44. The van der Waals surface area contributed by atoms with E-state index in [4.69, 9.17) is 0 Å². The molecule has 3 rings (SSSR count). The van der Waals surface area contributed by atoms with Crippen LogP contribution in [0.2, 0.25) is 0 Å². The number of nitrogens with zero attached hydrogens (tertiary/aromatic N) is 6. The van der Waals surface area contributed by atoms with Crippen molar-refractivity contribution in [3.8, 4) is 5.69 Å². The van der Waals surface area contributed by atoms with Crippen molar-refractivity contribution in [1.82, 2.24) is 30.0 Å². The first-order chi connectivity index (χ1) is 10.3. The summed E-state index contributed by atoms with van der Waals surface area (Å²) in [5, 5.41) is 16.7. The van der Waals surface area contributed by atoms with Crippen LogP contribution in [-0.2, 0) is 12.3 Å². The van der Waals surface area contributed by atoms with Crippen LogP contribution in [0, 0.1) is 5.82 Å². The van der Waals surface area contributed by atoms with Gasteiger partial charge in [-0.1, -0.05) is 17.8 Å². The summed E-state index contributed by atoms with van der Waals surface area (Å²) in [6, 6.07) is 8.23. The third-order valence-electron chi connectivity index (χ3n) is 2.86. The molecule has 0 N–H and O–H groups in total. The lowest BCUT2D eigenvalue weighted by Gasteiger charge is -2.01. The van der Waals surface area contributed by atoms with E-state index in [1.807, 2.05) is 25.3 Å². The zero-order chi connectivity index (χ0) is 14.7. The van der Waals surface area contributed by atoms with Gasteiger partial charge in [-0.3, -0.25) is 0 Å². The van der Waals surface area contributed by atoms with Crippen molar-refractivity contribution in [2.24, 2.45) is 0 Å². The molecule has 0 aliphatic carbocycles. The van der Waals surface area contributed by atoms with Crippen molar-refractivity contribution in [2.45, 2.75) is 24.4 Å². The first kappa shape index (κ1) is 13.7. The Hall–Kier alpha value is -2.22. The predicted molar refractivity (Wildman–Crippen MR) is 76.6 cm³/mol. The lowest BCUT2D eigenvalue weighted by Crippen LogP contribution is -1.99. The SMILES string of the molecule is CCn1nnnc1SCc1ccn(-c2cccc(F)c2)n1. The molecule has 0 aliphatic heterocycles. The minimum Gasteiger partial charge on any atom is -0.241 e. The van der Waals surface area contributed by atoms with E-state index in [0.29, 0.717) is 11.4 Å². The summed E-state index contributed by atoms with van der Waals surface area (Å²) >= 11 is 1.52. The van der Waals surface area contributed by atoms with Crippen LogP contribution in [-0.4, -0.2) is 30.0 Å². The molecule has 0 unspecified atom stereocenters. The fraction of sp³-hybridized carbons (Fsp3) is 0.231. The van der Waals surface area contributed by atoms with Crippen molar-refractivity contribution in [2.75, 3.05) is 0 Å². The molecule has 0 radical (unpaired) electrons. The summed E-state index contributed by atoms with van der Waals surface area (Å²) < 4.78 is 16.6. The minimum atomic E-state index is -0.277. The average Bonchev–Trinajstić information content (AvgIpc) is 3.14. The smallest absolute Gasteiger partial charge is 0.209 e. The second-order valence-electron chi connectivity index (χ2n) is 4.30.